The summed E-state index contributed by atoms with van der Waals surface area (Å²) in [6.45, 7) is 5.65. The quantitative estimate of drug-likeness (QED) is 0.681. The van der Waals surface area contributed by atoms with Crippen molar-refractivity contribution < 1.29 is 9.59 Å². The Morgan fingerprint density at radius 3 is 2.71 bits per heavy atom. The van der Waals surface area contributed by atoms with Crippen LogP contribution >= 0.6 is 28.3 Å². The summed E-state index contributed by atoms with van der Waals surface area (Å²) in [5.41, 5.74) is 1.23. The lowest BCUT2D eigenvalue weighted by Crippen LogP contribution is -2.34. The molecule has 5 nitrogen and oxygen atoms in total. The van der Waals surface area contributed by atoms with Gasteiger partial charge in [0, 0.05) is 17.8 Å². The number of benzene rings is 1. The molecule has 134 valence electrons. The van der Waals surface area contributed by atoms with Gasteiger partial charge in [0.25, 0.3) is 0 Å². The highest BCUT2D eigenvalue weighted by Gasteiger charge is 2.22. The Labute approximate surface area is 157 Å². The Morgan fingerprint density at radius 2 is 2.08 bits per heavy atom. The largest absolute Gasteiger partial charge is 0.325 e. The third-order valence-electron chi connectivity index (χ3n) is 4.21. The summed E-state index contributed by atoms with van der Waals surface area (Å²) in [5.74, 6) is 0.697. The Balaban J connectivity index is 0.00000288. The lowest BCUT2D eigenvalue weighted by Gasteiger charge is -2.28. The molecular formula is C17H25BrClN3O2. The molecule has 2 atom stereocenters. The molecule has 1 aliphatic heterocycles. The van der Waals surface area contributed by atoms with Gasteiger partial charge in [-0.2, -0.15) is 0 Å². The molecule has 0 saturated carbocycles. The fourth-order valence-electron chi connectivity index (χ4n) is 2.94. The van der Waals surface area contributed by atoms with E-state index in [1.165, 1.54) is 19.8 Å². The summed E-state index contributed by atoms with van der Waals surface area (Å²) in [4.78, 5) is 23.6. The number of anilines is 2. The molecule has 1 heterocycles. The maximum absolute atomic E-state index is 12.4. The summed E-state index contributed by atoms with van der Waals surface area (Å²) in [7, 11) is 0. The third kappa shape index (κ3) is 6.42. The van der Waals surface area contributed by atoms with Gasteiger partial charge in [-0.1, -0.05) is 22.9 Å². The number of carbonyl (C=O) groups excluding carboxylic acids is 2. The van der Waals surface area contributed by atoms with E-state index in [1.54, 1.807) is 12.1 Å². The minimum Gasteiger partial charge on any atom is -0.325 e. The molecule has 2 unspecified atom stereocenters. The normalized spacial score (nSPS) is 18.2. The second-order valence-electron chi connectivity index (χ2n) is 6.21. The first-order chi connectivity index (χ1) is 11.0. The van der Waals surface area contributed by atoms with Crippen molar-refractivity contribution in [3.05, 3.63) is 22.7 Å². The van der Waals surface area contributed by atoms with E-state index in [1.807, 2.05) is 6.07 Å². The molecule has 0 radical (unpaired) electrons. The molecule has 2 amide bonds. The minimum atomic E-state index is -0.163. The maximum Gasteiger partial charge on any atom is 0.224 e. The zero-order chi connectivity index (χ0) is 16.8. The smallest absolute Gasteiger partial charge is 0.224 e. The lowest BCUT2D eigenvalue weighted by molar-refractivity contribution is -0.117. The lowest BCUT2D eigenvalue weighted by atomic mass is 9.85. The van der Waals surface area contributed by atoms with Gasteiger partial charge in [0.1, 0.15) is 0 Å². The molecule has 1 aromatic carbocycles. The average Bonchev–Trinajstić information content (AvgIpc) is 2.50. The molecule has 2 rings (SSSR count). The van der Waals surface area contributed by atoms with Crippen LogP contribution in [0.25, 0.3) is 0 Å². The molecule has 1 aliphatic rings. The maximum atomic E-state index is 12.4. The van der Waals surface area contributed by atoms with E-state index in [4.69, 9.17) is 0 Å². The molecule has 0 bridgehead atoms. The van der Waals surface area contributed by atoms with Crippen molar-refractivity contribution in [1.82, 2.24) is 5.32 Å². The fraction of sp³-hybridized carbons (Fsp3) is 0.529. The summed E-state index contributed by atoms with van der Waals surface area (Å²) in [6, 6.07) is 5.41. The summed E-state index contributed by atoms with van der Waals surface area (Å²) < 4.78 is 0.853. The number of rotatable bonds is 5. The number of amides is 2. The zero-order valence-electron chi connectivity index (χ0n) is 14.0. The monoisotopic (exact) mass is 417 g/mol. The SMILES string of the molecule is CC(=O)Nc1ccc(Br)cc1NC(=O)CC(C)C1CCCNC1.Cl. The number of carbonyl (C=O) groups is 2. The molecule has 1 saturated heterocycles. The van der Waals surface area contributed by atoms with Crippen LogP contribution in [0.5, 0.6) is 0 Å². The van der Waals surface area contributed by atoms with Crippen molar-refractivity contribution in [1.29, 1.82) is 0 Å². The van der Waals surface area contributed by atoms with Crippen LogP contribution in [0.2, 0.25) is 0 Å². The summed E-state index contributed by atoms with van der Waals surface area (Å²) >= 11 is 3.39. The van der Waals surface area contributed by atoms with Crippen molar-refractivity contribution in [3.63, 3.8) is 0 Å². The van der Waals surface area contributed by atoms with Gasteiger partial charge in [0.15, 0.2) is 0 Å². The van der Waals surface area contributed by atoms with Crippen molar-refractivity contribution in [2.75, 3.05) is 23.7 Å². The Bertz CT molecular complexity index is 577. The van der Waals surface area contributed by atoms with Gasteiger partial charge in [-0.25, -0.2) is 0 Å². The van der Waals surface area contributed by atoms with E-state index >= 15 is 0 Å². The van der Waals surface area contributed by atoms with Gasteiger partial charge in [-0.15, -0.1) is 12.4 Å². The van der Waals surface area contributed by atoms with Crippen LogP contribution in [0.3, 0.4) is 0 Å². The molecule has 1 fully saturated rings. The van der Waals surface area contributed by atoms with Gasteiger partial charge in [0.2, 0.25) is 11.8 Å². The van der Waals surface area contributed by atoms with Crippen LogP contribution in [0.1, 0.15) is 33.1 Å². The van der Waals surface area contributed by atoms with Crippen LogP contribution in [0.15, 0.2) is 22.7 Å². The van der Waals surface area contributed by atoms with Crippen molar-refractivity contribution >= 4 is 51.5 Å². The van der Waals surface area contributed by atoms with Gasteiger partial charge in [-0.05, 0) is 56.0 Å². The van der Waals surface area contributed by atoms with Gasteiger partial charge in [-0.3, -0.25) is 9.59 Å². The average molecular weight is 419 g/mol. The number of nitrogens with one attached hydrogen (secondary N) is 3. The van der Waals surface area contributed by atoms with Crippen LogP contribution in [0, 0.1) is 11.8 Å². The molecule has 0 aliphatic carbocycles. The first-order valence-electron chi connectivity index (χ1n) is 8.03. The summed E-state index contributed by atoms with van der Waals surface area (Å²) in [6.07, 6.45) is 2.84. The predicted molar refractivity (Wildman–Crippen MR) is 104 cm³/mol. The van der Waals surface area contributed by atoms with Crippen LogP contribution in [-0.4, -0.2) is 24.9 Å². The van der Waals surface area contributed by atoms with E-state index in [-0.39, 0.29) is 24.2 Å². The molecule has 24 heavy (non-hydrogen) atoms. The van der Waals surface area contributed by atoms with Crippen molar-refractivity contribution in [2.45, 2.75) is 33.1 Å². The van der Waals surface area contributed by atoms with E-state index in [0.29, 0.717) is 29.6 Å². The molecule has 0 aromatic heterocycles. The minimum absolute atomic E-state index is 0. The van der Waals surface area contributed by atoms with E-state index in [0.717, 1.165) is 17.6 Å². The highest BCUT2D eigenvalue weighted by molar-refractivity contribution is 9.10. The third-order valence-corrected chi connectivity index (χ3v) is 4.71. The molecular weight excluding hydrogens is 394 g/mol. The van der Waals surface area contributed by atoms with Gasteiger partial charge >= 0.3 is 0 Å². The van der Waals surface area contributed by atoms with Crippen molar-refractivity contribution in [2.24, 2.45) is 11.8 Å². The Hall–Kier alpha value is -1.11. The number of halogens is 2. The van der Waals surface area contributed by atoms with E-state index in [9.17, 15) is 9.59 Å². The standard InChI is InChI=1S/C17H24BrN3O2.ClH/c1-11(13-4-3-7-19-10-13)8-17(23)21-16-9-14(18)5-6-15(16)20-12(2)22;/h5-6,9,11,13,19H,3-4,7-8,10H2,1-2H3,(H,20,22)(H,21,23);1H. The first kappa shape index (κ1) is 20.9. The zero-order valence-corrected chi connectivity index (χ0v) is 16.4. The number of hydrogen-bond donors (Lipinski definition) is 3. The first-order valence-corrected chi connectivity index (χ1v) is 8.82. The molecule has 1 aromatic rings. The topological polar surface area (TPSA) is 70.2 Å². The van der Waals surface area contributed by atoms with Gasteiger partial charge in [0.05, 0.1) is 11.4 Å². The van der Waals surface area contributed by atoms with Crippen LogP contribution in [-0.2, 0) is 9.59 Å². The van der Waals surface area contributed by atoms with E-state index < -0.39 is 0 Å². The van der Waals surface area contributed by atoms with E-state index in [2.05, 4.69) is 38.8 Å². The molecule has 3 N–H and O–H groups in total. The molecule has 0 spiro atoms. The number of hydrogen-bond acceptors (Lipinski definition) is 3. The van der Waals surface area contributed by atoms with Gasteiger partial charge < -0.3 is 16.0 Å². The van der Waals surface area contributed by atoms with Crippen molar-refractivity contribution in [3.8, 4) is 0 Å². The predicted octanol–water partition coefficient (Wildman–Crippen LogP) is 3.79. The Kier molecular flexibility index (Phi) is 8.73. The highest BCUT2D eigenvalue weighted by Crippen LogP contribution is 2.28. The van der Waals surface area contributed by atoms with Crippen LogP contribution in [0.4, 0.5) is 11.4 Å². The number of piperidine rings is 1. The molecule has 7 heteroatoms. The fourth-order valence-corrected chi connectivity index (χ4v) is 3.30. The Morgan fingerprint density at radius 1 is 1.33 bits per heavy atom. The second-order valence-corrected chi connectivity index (χ2v) is 7.12. The summed E-state index contributed by atoms with van der Waals surface area (Å²) in [5, 5.41) is 9.05. The van der Waals surface area contributed by atoms with Crippen LogP contribution < -0.4 is 16.0 Å². The second kappa shape index (κ2) is 10.0. The highest BCUT2D eigenvalue weighted by atomic mass is 79.9.